The minimum absolute atomic E-state index is 0.137. The summed E-state index contributed by atoms with van der Waals surface area (Å²) in [7, 11) is 0. The fraction of sp³-hybridized carbons (Fsp3) is 0.727. The van der Waals surface area contributed by atoms with Crippen LogP contribution < -0.4 is 0 Å². The van der Waals surface area contributed by atoms with Crippen LogP contribution in [0.2, 0.25) is 0 Å². The lowest BCUT2D eigenvalue weighted by Crippen LogP contribution is -2.35. The predicted molar refractivity (Wildman–Crippen MR) is 63.7 cm³/mol. The number of piperidine rings is 1. The van der Waals surface area contributed by atoms with E-state index < -0.39 is 0 Å². The van der Waals surface area contributed by atoms with E-state index in [4.69, 9.17) is 0 Å². The Labute approximate surface area is 99.8 Å². The molecular weight excluding hydrogens is 222 g/mol. The summed E-state index contributed by atoms with van der Waals surface area (Å²) >= 11 is 1.24. The number of rotatable bonds is 3. The molecule has 0 bridgehead atoms. The Balaban J connectivity index is 2.09. The van der Waals surface area contributed by atoms with Gasteiger partial charge in [-0.15, -0.1) is 5.10 Å². The van der Waals surface area contributed by atoms with Gasteiger partial charge < -0.3 is 4.90 Å². The van der Waals surface area contributed by atoms with Crippen molar-refractivity contribution in [2.45, 2.75) is 39.0 Å². The van der Waals surface area contributed by atoms with Crippen LogP contribution in [-0.4, -0.2) is 33.5 Å². The Bertz CT molecular complexity index is 358. The van der Waals surface area contributed by atoms with Crippen molar-refractivity contribution in [2.75, 3.05) is 13.1 Å². The van der Waals surface area contributed by atoms with E-state index in [2.05, 4.69) is 16.5 Å². The zero-order valence-electron chi connectivity index (χ0n) is 9.61. The van der Waals surface area contributed by atoms with Gasteiger partial charge in [0.05, 0.1) is 5.69 Å². The van der Waals surface area contributed by atoms with Gasteiger partial charge in [0.25, 0.3) is 5.91 Å². The molecule has 1 aromatic heterocycles. The van der Waals surface area contributed by atoms with Crippen molar-refractivity contribution in [3.8, 4) is 0 Å². The minimum Gasteiger partial charge on any atom is -0.338 e. The van der Waals surface area contributed by atoms with E-state index in [1.165, 1.54) is 18.0 Å². The summed E-state index contributed by atoms with van der Waals surface area (Å²) in [6, 6.07) is 0. The maximum Gasteiger partial charge on any atom is 0.267 e. The normalized spacial score (nSPS) is 16.4. The minimum atomic E-state index is 0.137. The number of carbonyl (C=O) groups is 1. The molecule has 88 valence electrons. The molecule has 1 aliphatic rings. The molecular formula is C11H17N3OS. The number of nitrogens with zero attached hydrogens (tertiary/aromatic N) is 3. The summed E-state index contributed by atoms with van der Waals surface area (Å²) in [6.45, 7) is 3.87. The summed E-state index contributed by atoms with van der Waals surface area (Å²) in [6.07, 6.45) is 5.35. The van der Waals surface area contributed by atoms with Gasteiger partial charge in [-0.3, -0.25) is 4.79 Å². The highest BCUT2D eigenvalue weighted by Gasteiger charge is 2.23. The van der Waals surface area contributed by atoms with Gasteiger partial charge in [-0.05, 0) is 37.2 Å². The van der Waals surface area contributed by atoms with Gasteiger partial charge in [0.15, 0.2) is 0 Å². The third-order valence-corrected chi connectivity index (χ3v) is 3.64. The van der Waals surface area contributed by atoms with Crippen LogP contribution in [0.15, 0.2) is 0 Å². The topological polar surface area (TPSA) is 46.1 Å². The molecule has 0 atom stereocenters. The first kappa shape index (κ1) is 11.5. The second-order valence-electron chi connectivity index (χ2n) is 4.15. The van der Waals surface area contributed by atoms with Crippen molar-refractivity contribution in [1.29, 1.82) is 0 Å². The van der Waals surface area contributed by atoms with E-state index in [-0.39, 0.29) is 5.91 Å². The van der Waals surface area contributed by atoms with Crippen molar-refractivity contribution < 1.29 is 4.79 Å². The van der Waals surface area contributed by atoms with Gasteiger partial charge in [-0.2, -0.15) is 0 Å². The average molecular weight is 239 g/mol. The van der Waals surface area contributed by atoms with Crippen molar-refractivity contribution in [3.05, 3.63) is 10.6 Å². The van der Waals surface area contributed by atoms with Crippen molar-refractivity contribution in [1.82, 2.24) is 14.5 Å². The number of amides is 1. The molecule has 0 aromatic carbocycles. The first-order valence-electron chi connectivity index (χ1n) is 5.93. The second kappa shape index (κ2) is 5.39. The first-order valence-corrected chi connectivity index (χ1v) is 6.70. The van der Waals surface area contributed by atoms with Crippen LogP contribution in [0.25, 0.3) is 0 Å². The third kappa shape index (κ3) is 2.40. The average Bonchev–Trinajstić information content (AvgIpc) is 2.78. The molecule has 0 N–H and O–H groups in total. The summed E-state index contributed by atoms with van der Waals surface area (Å²) < 4.78 is 3.90. The van der Waals surface area contributed by atoms with Crippen LogP contribution in [-0.2, 0) is 6.42 Å². The fourth-order valence-corrected chi connectivity index (χ4v) is 2.69. The van der Waals surface area contributed by atoms with Crippen molar-refractivity contribution in [2.24, 2.45) is 0 Å². The number of likely N-dealkylation sites (tertiary alicyclic amines) is 1. The van der Waals surface area contributed by atoms with Gasteiger partial charge in [0.1, 0.15) is 4.88 Å². The molecule has 1 aromatic rings. The highest BCUT2D eigenvalue weighted by atomic mass is 32.1. The molecule has 2 heterocycles. The van der Waals surface area contributed by atoms with E-state index in [1.807, 2.05) is 4.90 Å². The zero-order valence-corrected chi connectivity index (χ0v) is 10.4. The molecule has 0 aliphatic carbocycles. The summed E-state index contributed by atoms with van der Waals surface area (Å²) in [5, 5.41) is 4.04. The van der Waals surface area contributed by atoms with Crippen molar-refractivity contribution >= 4 is 17.4 Å². The second-order valence-corrected chi connectivity index (χ2v) is 4.91. The molecule has 5 heteroatoms. The Morgan fingerprint density at radius 2 is 2.12 bits per heavy atom. The van der Waals surface area contributed by atoms with E-state index in [1.54, 1.807) is 0 Å². The molecule has 1 amide bonds. The van der Waals surface area contributed by atoms with E-state index in [9.17, 15) is 4.79 Å². The maximum absolute atomic E-state index is 12.2. The molecule has 16 heavy (non-hydrogen) atoms. The zero-order chi connectivity index (χ0) is 11.4. The van der Waals surface area contributed by atoms with Crippen LogP contribution in [0.4, 0.5) is 0 Å². The number of aromatic nitrogens is 2. The maximum atomic E-state index is 12.2. The third-order valence-electron chi connectivity index (χ3n) is 2.88. The number of carbonyl (C=O) groups excluding carboxylic acids is 1. The highest BCUT2D eigenvalue weighted by molar-refractivity contribution is 7.08. The number of hydrogen-bond donors (Lipinski definition) is 0. The Morgan fingerprint density at radius 3 is 2.81 bits per heavy atom. The molecule has 0 spiro atoms. The van der Waals surface area contributed by atoms with E-state index >= 15 is 0 Å². The Morgan fingerprint density at radius 1 is 1.38 bits per heavy atom. The summed E-state index contributed by atoms with van der Waals surface area (Å²) in [5.74, 6) is 0.137. The standard InChI is InChI=1S/C11H17N3OS/c1-2-6-9-10(16-13-12-9)11(15)14-7-4-3-5-8-14/h2-8H2,1H3. The Hall–Kier alpha value is -0.970. The molecule has 0 radical (unpaired) electrons. The lowest BCUT2D eigenvalue weighted by molar-refractivity contribution is 0.0728. The largest absolute Gasteiger partial charge is 0.338 e. The fourth-order valence-electron chi connectivity index (χ4n) is 2.01. The number of hydrogen-bond acceptors (Lipinski definition) is 4. The molecule has 4 nitrogen and oxygen atoms in total. The van der Waals surface area contributed by atoms with Gasteiger partial charge in [0.2, 0.25) is 0 Å². The summed E-state index contributed by atoms with van der Waals surface area (Å²) in [5.41, 5.74) is 0.878. The SMILES string of the molecule is CCCc1nnsc1C(=O)N1CCCCC1. The van der Waals surface area contributed by atoms with E-state index in [0.29, 0.717) is 0 Å². The Kier molecular flexibility index (Phi) is 3.88. The lowest BCUT2D eigenvalue weighted by Gasteiger charge is -2.26. The molecule has 2 rings (SSSR count). The van der Waals surface area contributed by atoms with Crippen LogP contribution in [0, 0.1) is 0 Å². The first-order chi connectivity index (χ1) is 7.83. The molecule has 1 aliphatic heterocycles. The van der Waals surface area contributed by atoms with Crippen LogP contribution in [0.5, 0.6) is 0 Å². The van der Waals surface area contributed by atoms with Gasteiger partial charge in [0, 0.05) is 13.1 Å². The van der Waals surface area contributed by atoms with Crippen LogP contribution in [0.3, 0.4) is 0 Å². The molecule has 0 saturated carbocycles. The lowest BCUT2D eigenvalue weighted by atomic mass is 10.1. The van der Waals surface area contributed by atoms with Crippen LogP contribution >= 0.6 is 11.5 Å². The van der Waals surface area contributed by atoms with Gasteiger partial charge in [-0.25, -0.2) is 0 Å². The van der Waals surface area contributed by atoms with Gasteiger partial charge >= 0.3 is 0 Å². The summed E-state index contributed by atoms with van der Waals surface area (Å²) in [4.78, 5) is 14.9. The molecule has 1 fully saturated rings. The van der Waals surface area contributed by atoms with E-state index in [0.717, 1.165) is 49.3 Å². The molecule has 0 unspecified atom stereocenters. The predicted octanol–water partition coefficient (Wildman–Crippen LogP) is 2.12. The number of aryl methyl sites for hydroxylation is 1. The smallest absolute Gasteiger partial charge is 0.267 e. The monoisotopic (exact) mass is 239 g/mol. The molecule has 1 saturated heterocycles. The quantitative estimate of drug-likeness (QED) is 0.811. The highest BCUT2D eigenvalue weighted by Crippen LogP contribution is 2.18. The van der Waals surface area contributed by atoms with Crippen LogP contribution in [0.1, 0.15) is 48.0 Å². The van der Waals surface area contributed by atoms with Crippen molar-refractivity contribution in [3.63, 3.8) is 0 Å². The van der Waals surface area contributed by atoms with Gasteiger partial charge in [-0.1, -0.05) is 17.8 Å².